The van der Waals surface area contributed by atoms with Crippen LogP contribution < -0.4 is 5.32 Å². The number of nitrogens with zero attached hydrogens (tertiary/aromatic N) is 5. The molecule has 1 aliphatic carbocycles. The molecule has 0 amide bonds. The van der Waals surface area contributed by atoms with Crippen LogP contribution in [0, 0.1) is 11.3 Å². The average molecular weight is 601 g/mol. The van der Waals surface area contributed by atoms with Gasteiger partial charge in [0.25, 0.3) is 0 Å². The minimum Gasteiger partial charge on any atom is -0.481 e. The summed E-state index contributed by atoms with van der Waals surface area (Å²) in [5.74, 6) is -1.64. The number of rotatable bonds is 7. The van der Waals surface area contributed by atoms with E-state index in [2.05, 4.69) is 25.4 Å². The van der Waals surface area contributed by atoms with Gasteiger partial charge >= 0.3 is 12.1 Å². The number of nitrogens with one attached hydrogen (secondary N) is 1. The molecule has 0 unspecified atom stereocenters. The van der Waals surface area contributed by atoms with Crippen LogP contribution in [0.5, 0.6) is 0 Å². The maximum atomic E-state index is 13.3. The number of aliphatic hydroxyl groups is 1. The van der Waals surface area contributed by atoms with Crippen LogP contribution in [0.25, 0.3) is 21.6 Å². The predicted octanol–water partition coefficient (Wildman–Crippen LogP) is 6.91. The van der Waals surface area contributed by atoms with Crippen LogP contribution in [-0.2, 0) is 16.6 Å². The molecular formula is C29H31F3N6O3S. The number of carbonyl (C=O) groups is 1. The van der Waals surface area contributed by atoms with Crippen molar-refractivity contribution in [2.45, 2.75) is 64.8 Å². The molecule has 13 heteroatoms. The molecule has 1 fully saturated rings. The van der Waals surface area contributed by atoms with Crippen LogP contribution in [0.3, 0.4) is 0 Å². The first-order chi connectivity index (χ1) is 19.6. The van der Waals surface area contributed by atoms with Gasteiger partial charge in [0.15, 0.2) is 0 Å². The number of thiazole rings is 1. The van der Waals surface area contributed by atoms with Crippen molar-refractivity contribution >= 4 is 28.9 Å². The Kier molecular flexibility index (Phi) is 7.60. The van der Waals surface area contributed by atoms with Gasteiger partial charge in [-0.25, -0.2) is 15.0 Å². The van der Waals surface area contributed by atoms with Crippen molar-refractivity contribution < 1.29 is 28.2 Å². The molecule has 0 bridgehead atoms. The third-order valence-electron chi connectivity index (χ3n) is 7.62. The van der Waals surface area contributed by atoms with Crippen LogP contribution >= 0.6 is 11.3 Å². The van der Waals surface area contributed by atoms with Crippen LogP contribution in [0.2, 0.25) is 0 Å². The molecule has 1 aliphatic rings. The molecule has 5 rings (SSSR count). The number of hydrogen-bond acceptors (Lipinski definition) is 8. The van der Waals surface area contributed by atoms with Crippen LogP contribution in [0.1, 0.15) is 63.7 Å². The number of anilines is 2. The Morgan fingerprint density at radius 1 is 1.14 bits per heavy atom. The minimum atomic E-state index is -4.62. The molecule has 222 valence electrons. The van der Waals surface area contributed by atoms with E-state index in [0.29, 0.717) is 22.7 Å². The molecule has 0 radical (unpaired) electrons. The van der Waals surface area contributed by atoms with Gasteiger partial charge < -0.3 is 15.5 Å². The number of hydrogen-bond donors (Lipinski definition) is 3. The second kappa shape index (κ2) is 10.8. The van der Waals surface area contributed by atoms with E-state index in [-0.39, 0.29) is 24.8 Å². The summed E-state index contributed by atoms with van der Waals surface area (Å²) in [6, 6.07) is 6.39. The molecular weight excluding hydrogens is 569 g/mol. The average Bonchev–Trinajstić information content (AvgIpc) is 3.59. The smallest absolute Gasteiger partial charge is 0.433 e. The third kappa shape index (κ3) is 6.02. The lowest BCUT2D eigenvalue weighted by Gasteiger charge is -2.44. The molecule has 4 aromatic rings. The first kappa shape index (κ1) is 29.6. The summed E-state index contributed by atoms with van der Waals surface area (Å²) in [6.07, 6.45) is 2.53. The van der Waals surface area contributed by atoms with Crippen molar-refractivity contribution in [2.24, 2.45) is 11.3 Å². The Labute approximate surface area is 244 Å². The van der Waals surface area contributed by atoms with Gasteiger partial charge in [0.2, 0.25) is 5.95 Å². The van der Waals surface area contributed by atoms with Crippen molar-refractivity contribution in [1.82, 2.24) is 24.7 Å². The number of aliphatic carboxylic acids is 1. The highest BCUT2D eigenvalue weighted by Crippen LogP contribution is 2.51. The second-order valence-corrected chi connectivity index (χ2v) is 12.7. The van der Waals surface area contributed by atoms with E-state index < -0.39 is 34.8 Å². The maximum absolute atomic E-state index is 13.3. The number of benzene rings is 1. The Morgan fingerprint density at radius 3 is 2.52 bits per heavy atom. The van der Waals surface area contributed by atoms with Crippen molar-refractivity contribution in [1.29, 1.82) is 0 Å². The fourth-order valence-electron chi connectivity index (χ4n) is 5.49. The van der Waals surface area contributed by atoms with Crippen LogP contribution in [0.4, 0.5) is 24.8 Å². The van der Waals surface area contributed by atoms with Gasteiger partial charge in [-0.1, -0.05) is 13.8 Å². The van der Waals surface area contributed by atoms with Crippen molar-refractivity contribution in [2.75, 3.05) is 5.32 Å². The summed E-state index contributed by atoms with van der Waals surface area (Å²) >= 11 is 1.30. The molecule has 9 nitrogen and oxygen atoms in total. The highest BCUT2D eigenvalue weighted by atomic mass is 32.1. The van der Waals surface area contributed by atoms with Crippen molar-refractivity contribution in [3.05, 3.63) is 59.8 Å². The topological polar surface area (TPSA) is 126 Å². The quantitative estimate of drug-likeness (QED) is 0.209. The lowest BCUT2D eigenvalue weighted by molar-refractivity contribution is -0.154. The highest BCUT2D eigenvalue weighted by Gasteiger charge is 2.49. The SMILES string of the molecule is CC(C)n1cc(-c2cc(Nc3nccc(C(F)(F)F)n3)cc(-c3cnc([C@@]4(O)CC[C@H](C(=O)O)C(C)(C)C4)s3)c2)cn1. The number of aromatic nitrogens is 5. The summed E-state index contributed by atoms with van der Waals surface area (Å²) in [4.78, 5) is 24.6. The fraction of sp³-hybridized carbons (Fsp3) is 0.414. The summed E-state index contributed by atoms with van der Waals surface area (Å²) in [7, 11) is 0. The number of halogens is 3. The van der Waals surface area contributed by atoms with Gasteiger partial charge in [0, 0.05) is 35.9 Å². The largest absolute Gasteiger partial charge is 0.481 e. The molecule has 1 aromatic carbocycles. The van der Waals surface area contributed by atoms with Gasteiger partial charge in [-0.3, -0.25) is 9.48 Å². The molecule has 0 aliphatic heterocycles. The normalized spacial score (nSPS) is 20.5. The zero-order valence-corrected chi connectivity index (χ0v) is 24.3. The summed E-state index contributed by atoms with van der Waals surface area (Å²) in [5, 5.41) is 29.0. The molecule has 2 atom stereocenters. The Hall–Kier alpha value is -3.84. The van der Waals surface area contributed by atoms with E-state index in [1.54, 1.807) is 29.2 Å². The summed E-state index contributed by atoms with van der Waals surface area (Å²) in [6.45, 7) is 7.69. The van der Waals surface area contributed by atoms with Crippen molar-refractivity contribution in [3.8, 4) is 21.6 Å². The first-order valence-electron chi connectivity index (χ1n) is 13.4. The first-order valence-corrected chi connectivity index (χ1v) is 14.2. The monoisotopic (exact) mass is 600 g/mol. The molecule has 0 spiro atoms. The summed E-state index contributed by atoms with van der Waals surface area (Å²) < 4.78 is 41.6. The predicted molar refractivity (Wildman–Crippen MR) is 152 cm³/mol. The van der Waals surface area contributed by atoms with Gasteiger partial charge in [-0.2, -0.15) is 18.3 Å². The van der Waals surface area contributed by atoms with Gasteiger partial charge in [-0.15, -0.1) is 11.3 Å². The van der Waals surface area contributed by atoms with Crippen LogP contribution in [-0.4, -0.2) is 40.9 Å². The standard InChI is InChI=1S/C29H31F3N6O3S/c1-16(2)38-14-19(12-35-38)17-9-18(11-20(10-17)36-26-33-8-6-23(37-26)29(30,31)32)22-13-34-25(42-22)28(41)7-5-21(24(39)40)27(3,4)15-28/h6,8-14,16,21,41H,5,7,15H2,1-4H3,(H,39,40)(H,33,36,37)/t21-,28-/m1/s1. The molecule has 0 saturated heterocycles. The minimum absolute atomic E-state index is 0.128. The molecule has 42 heavy (non-hydrogen) atoms. The highest BCUT2D eigenvalue weighted by molar-refractivity contribution is 7.15. The van der Waals surface area contributed by atoms with Crippen LogP contribution in [0.15, 0.2) is 49.1 Å². The summed E-state index contributed by atoms with van der Waals surface area (Å²) in [5.41, 5.74) is -0.248. The van der Waals surface area contributed by atoms with E-state index in [1.165, 1.54) is 11.3 Å². The fourth-order valence-corrected chi connectivity index (χ4v) is 6.51. The van der Waals surface area contributed by atoms with Gasteiger partial charge in [0.1, 0.15) is 16.3 Å². The van der Waals surface area contributed by atoms with E-state index in [0.717, 1.165) is 28.3 Å². The van der Waals surface area contributed by atoms with E-state index >= 15 is 0 Å². The zero-order chi connectivity index (χ0) is 30.4. The number of alkyl halides is 3. The van der Waals surface area contributed by atoms with Gasteiger partial charge in [-0.05, 0) is 73.9 Å². The number of carboxylic acid groups (broad SMARTS) is 1. The lowest BCUT2D eigenvalue weighted by Crippen LogP contribution is -2.44. The molecule has 3 N–H and O–H groups in total. The van der Waals surface area contributed by atoms with E-state index in [9.17, 15) is 28.2 Å². The second-order valence-electron chi connectivity index (χ2n) is 11.6. The zero-order valence-electron chi connectivity index (χ0n) is 23.5. The lowest BCUT2D eigenvalue weighted by atomic mass is 9.63. The Balaban J connectivity index is 1.52. The maximum Gasteiger partial charge on any atom is 0.433 e. The molecule has 3 aromatic heterocycles. The molecule has 3 heterocycles. The van der Waals surface area contributed by atoms with E-state index in [1.807, 2.05) is 40.0 Å². The molecule has 1 saturated carbocycles. The Morgan fingerprint density at radius 2 is 1.88 bits per heavy atom. The van der Waals surface area contributed by atoms with Crippen molar-refractivity contribution in [3.63, 3.8) is 0 Å². The number of carboxylic acids is 1. The van der Waals surface area contributed by atoms with E-state index in [4.69, 9.17) is 0 Å². The third-order valence-corrected chi connectivity index (χ3v) is 8.86. The van der Waals surface area contributed by atoms with Gasteiger partial charge in [0.05, 0.1) is 17.0 Å². The Bertz CT molecular complexity index is 1620.